The Kier molecular flexibility index (Phi) is 6.37. The minimum Gasteiger partial charge on any atom is -0.379 e. The van der Waals surface area contributed by atoms with E-state index < -0.39 is 0 Å². The van der Waals surface area contributed by atoms with Crippen molar-refractivity contribution >= 4 is 0 Å². The Morgan fingerprint density at radius 1 is 1.22 bits per heavy atom. The van der Waals surface area contributed by atoms with E-state index in [2.05, 4.69) is 51.2 Å². The van der Waals surface area contributed by atoms with E-state index in [4.69, 9.17) is 4.74 Å². The maximum absolute atomic E-state index is 5.69. The highest BCUT2D eigenvalue weighted by atomic mass is 16.5. The van der Waals surface area contributed by atoms with Gasteiger partial charge in [-0.3, -0.25) is 0 Å². The van der Waals surface area contributed by atoms with Gasteiger partial charge in [-0.25, -0.2) is 0 Å². The highest BCUT2D eigenvalue weighted by Crippen LogP contribution is 2.26. The van der Waals surface area contributed by atoms with Crippen LogP contribution in [0.3, 0.4) is 0 Å². The lowest BCUT2D eigenvalue weighted by Crippen LogP contribution is -2.33. The Hall–Kier alpha value is -0.860. The maximum atomic E-state index is 5.69. The molecule has 0 heterocycles. The molecule has 1 rings (SSSR count). The van der Waals surface area contributed by atoms with Crippen LogP contribution in [0.4, 0.5) is 0 Å². The van der Waals surface area contributed by atoms with Crippen molar-refractivity contribution in [1.82, 2.24) is 5.32 Å². The highest BCUT2D eigenvalue weighted by Gasteiger charge is 2.22. The lowest BCUT2D eigenvalue weighted by Gasteiger charge is -2.28. The van der Waals surface area contributed by atoms with Crippen molar-refractivity contribution in [1.29, 1.82) is 0 Å². The molecule has 0 amide bonds. The van der Waals surface area contributed by atoms with Gasteiger partial charge < -0.3 is 10.1 Å². The van der Waals surface area contributed by atoms with E-state index in [1.165, 1.54) is 16.7 Å². The summed E-state index contributed by atoms with van der Waals surface area (Å²) in [6, 6.07) is 6.95. The second kappa shape index (κ2) is 7.55. The molecule has 102 valence electrons. The molecule has 0 fully saturated rings. The van der Waals surface area contributed by atoms with Crippen LogP contribution in [-0.2, 0) is 4.74 Å². The van der Waals surface area contributed by atoms with Crippen LogP contribution in [0.5, 0.6) is 0 Å². The predicted molar refractivity (Wildman–Crippen MR) is 78.0 cm³/mol. The zero-order valence-corrected chi connectivity index (χ0v) is 12.4. The smallest absolute Gasteiger partial charge is 0.0765 e. The van der Waals surface area contributed by atoms with Gasteiger partial charge in [-0.1, -0.05) is 44.0 Å². The molecule has 0 aliphatic carbocycles. The first-order valence-corrected chi connectivity index (χ1v) is 6.97. The van der Waals surface area contributed by atoms with Crippen LogP contribution in [0, 0.1) is 13.8 Å². The number of hydrogen-bond acceptors (Lipinski definition) is 2. The Balaban J connectivity index is 3.05. The number of rotatable bonds is 7. The molecule has 0 saturated heterocycles. The van der Waals surface area contributed by atoms with Gasteiger partial charge in [0.05, 0.1) is 12.1 Å². The number of likely N-dealkylation sites (N-methyl/N-ethyl adjacent to an activating group) is 1. The van der Waals surface area contributed by atoms with E-state index in [0.29, 0.717) is 6.04 Å². The third kappa shape index (κ3) is 3.82. The molecule has 0 aliphatic rings. The predicted octanol–water partition coefficient (Wildman–Crippen LogP) is 3.77. The summed E-state index contributed by atoms with van der Waals surface area (Å²) in [7, 11) is 1.82. The summed E-state index contributed by atoms with van der Waals surface area (Å²) in [5.41, 5.74) is 4.02. The zero-order chi connectivity index (χ0) is 13.5. The first-order chi connectivity index (χ1) is 8.63. The maximum Gasteiger partial charge on any atom is 0.0765 e. The van der Waals surface area contributed by atoms with Crippen LogP contribution >= 0.6 is 0 Å². The molecule has 0 radical (unpaired) electrons. The number of ether oxygens (including phenoxy) is 1. The molecule has 2 atom stereocenters. The summed E-state index contributed by atoms with van der Waals surface area (Å²) in [6.07, 6.45) is 2.47. The van der Waals surface area contributed by atoms with Crippen molar-refractivity contribution in [2.45, 2.75) is 52.7 Å². The van der Waals surface area contributed by atoms with Crippen molar-refractivity contribution in [2.75, 3.05) is 13.7 Å². The van der Waals surface area contributed by atoms with Gasteiger partial charge in [0.25, 0.3) is 0 Å². The average Bonchev–Trinajstić information content (AvgIpc) is 2.37. The first-order valence-electron chi connectivity index (χ1n) is 6.97. The van der Waals surface area contributed by atoms with Crippen LogP contribution in [-0.4, -0.2) is 19.8 Å². The van der Waals surface area contributed by atoms with Crippen LogP contribution < -0.4 is 5.32 Å². The van der Waals surface area contributed by atoms with E-state index >= 15 is 0 Å². The van der Waals surface area contributed by atoms with Crippen LogP contribution in [0.15, 0.2) is 18.2 Å². The summed E-state index contributed by atoms with van der Waals surface area (Å²) >= 11 is 0. The van der Waals surface area contributed by atoms with Crippen molar-refractivity contribution < 1.29 is 4.74 Å². The molecule has 1 aromatic rings. The molecule has 18 heavy (non-hydrogen) atoms. The SMILES string of the molecule is CCCC(OC)C(NCC)c1cc(C)ccc1C. The van der Waals surface area contributed by atoms with Gasteiger partial charge in [0.1, 0.15) is 0 Å². The molecule has 1 aromatic carbocycles. The Morgan fingerprint density at radius 2 is 1.94 bits per heavy atom. The fourth-order valence-electron chi connectivity index (χ4n) is 2.46. The Bertz CT molecular complexity index is 362. The van der Waals surface area contributed by atoms with E-state index in [-0.39, 0.29) is 6.10 Å². The normalized spacial score (nSPS) is 14.5. The number of nitrogens with one attached hydrogen (secondary N) is 1. The van der Waals surface area contributed by atoms with Gasteiger partial charge >= 0.3 is 0 Å². The summed E-state index contributed by atoms with van der Waals surface area (Å²) < 4.78 is 5.69. The fraction of sp³-hybridized carbons (Fsp3) is 0.625. The van der Waals surface area contributed by atoms with Gasteiger partial charge in [0.2, 0.25) is 0 Å². The molecule has 2 heteroatoms. The molecule has 2 unspecified atom stereocenters. The van der Waals surface area contributed by atoms with Gasteiger partial charge in [-0.2, -0.15) is 0 Å². The largest absolute Gasteiger partial charge is 0.379 e. The van der Waals surface area contributed by atoms with Crippen molar-refractivity contribution in [3.63, 3.8) is 0 Å². The first kappa shape index (κ1) is 15.2. The summed E-state index contributed by atoms with van der Waals surface area (Å²) in [6.45, 7) is 9.64. The quantitative estimate of drug-likeness (QED) is 0.794. The van der Waals surface area contributed by atoms with E-state index in [0.717, 1.165) is 19.4 Å². The zero-order valence-electron chi connectivity index (χ0n) is 12.4. The van der Waals surface area contributed by atoms with Crippen molar-refractivity contribution in [3.05, 3.63) is 34.9 Å². The topological polar surface area (TPSA) is 21.3 Å². The fourth-order valence-corrected chi connectivity index (χ4v) is 2.46. The molecule has 2 nitrogen and oxygen atoms in total. The molecule has 0 bridgehead atoms. The molecular weight excluding hydrogens is 222 g/mol. The molecule has 0 aromatic heterocycles. The van der Waals surface area contributed by atoms with Gasteiger partial charge in [0.15, 0.2) is 0 Å². The Labute approximate surface area is 112 Å². The third-order valence-electron chi connectivity index (χ3n) is 3.44. The molecule has 0 saturated carbocycles. The van der Waals surface area contributed by atoms with Crippen molar-refractivity contribution in [2.24, 2.45) is 0 Å². The average molecular weight is 249 g/mol. The minimum atomic E-state index is 0.246. The second-order valence-corrected chi connectivity index (χ2v) is 4.96. The van der Waals surface area contributed by atoms with Gasteiger partial charge in [-0.15, -0.1) is 0 Å². The second-order valence-electron chi connectivity index (χ2n) is 4.96. The molecular formula is C16H27NO. The van der Waals surface area contributed by atoms with Crippen LogP contribution in [0.2, 0.25) is 0 Å². The lowest BCUT2D eigenvalue weighted by atomic mass is 9.93. The van der Waals surface area contributed by atoms with E-state index in [1.54, 1.807) is 0 Å². The highest BCUT2D eigenvalue weighted by molar-refractivity contribution is 5.33. The Morgan fingerprint density at radius 3 is 2.50 bits per heavy atom. The third-order valence-corrected chi connectivity index (χ3v) is 3.44. The number of hydrogen-bond donors (Lipinski definition) is 1. The molecule has 0 spiro atoms. The minimum absolute atomic E-state index is 0.246. The van der Waals surface area contributed by atoms with Crippen molar-refractivity contribution in [3.8, 4) is 0 Å². The van der Waals surface area contributed by atoms with Gasteiger partial charge in [-0.05, 0) is 37.9 Å². The number of benzene rings is 1. The van der Waals surface area contributed by atoms with E-state index in [9.17, 15) is 0 Å². The summed E-state index contributed by atoms with van der Waals surface area (Å²) in [5, 5.41) is 3.58. The molecule has 0 aliphatic heterocycles. The summed E-state index contributed by atoms with van der Waals surface area (Å²) in [5.74, 6) is 0. The monoisotopic (exact) mass is 249 g/mol. The van der Waals surface area contributed by atoms with E-state index in [1.807, 2.05) is 7.11 Å². The molecule has 1 N–H and O–H groups in total. The number of aryl methyl sites for hydroxylation is 2. The number of methoxy groups -OCH3 is 1. The van der Waals surface area contributed by atoms with Gasteiger partial charge in [0, 0.05) is 7.11 Å². The van der Waals surface area contributed by atoms with Crippen LogP contribution in [0.1, 0.15) is 49.4 Å². The summed E-state index contributed by atoms with van der Waals surface area (Å²) in [4.78, 5) is 0. The lowest BCUT2D eigenvalue weighted by molar-refractivity contribution is 0.0609. The van der Waals surface area contributed by atoms with Crippen LogP contribution in [0.25, 0.3) is 0 Å². The standard InChI is InChI=1S/C16H27NO/c1-6-8-15(18-5)16(17-7-2)14-11-12(3)9-10-13(14)4/h9-11,15-17H,6-8H2,1-5H3.